The van der Waals surface area contributed by atoms with Gasteiger partial charge in [0.1, 0.15) is 0 Å². The number of fused-ring (bicyclic) bond motifs is 1. The second-order valence-electron chi connectivity index (χ2n) is 8.16. The standard InChI is InChI=1S/C24H23ClN2O5/c1-14-6-5-7-15(2)26(14)21(28)13-32-24(31)16-10-11-17-18(12-16)23(30)27(22(17)29)20-9-4-3-8-19(20)25/h3-4,8-12,14-15H,5-7,13H2,1-2H3. The summed E-state index contributed by atoms with van der Waals surface area (Å²) >= 11 is 6.16. The molecule has 2 aromatic rings. The van der Waals surface area contributed by atoms with Crippen molar-refractivity contribution in [1.82, 2.24) is 4.90 Å². The number of amides is 3. The number of ether oxygens (including phenoxy) is 1. The Bertz CT molecular complexity index is 1110. The van der Waals surface area contributed by atoms with E-state index in [0.29, 0.717) is 0 Å². The summed E-state index contributed by atoms with van der Waals surface area (Å²) in [6.07, 6.45) is 2.92. The minimum Gasteiger partial charge on any atom is -0.452 e. The molecular weight excluding hydrogens is 432 g/mol. The third kappa shape index (κ3) is 3.88. The summed E-state index contributed by atoms with van der Waals surface area (Å²) in [4.78, 5) is 53.6. The molecule has 0 N–H and O–H groups in total. The molecule has 2 aromatic carbocycles. The molecule has 0 aromatic heterocycles. The van der Waals surface area contributed by atoms with E-state index in [4.69, 9.17) is 16.3 Å². The lowest BCUT2D eigenvalue weighted by Gasteiger charge is -2.38. The molecule has 0 spiro atoms. The Balaban J connectivity index is 1.49. The minimum absolute atomic E-state index is 0.0916. The molecule has 3 amide bonds. The largest absolute Gasteiger partial charge is 0.452 e. The lowest BCUT2D eigenvalue weighted by molar-refractivity contribution is -0.140. The second kappa shape index (κ2) is 8.74. The molecule has 1 fully saturated rings. The molecule has 0 saturated carbocycles. The minimum atomic E-state index is -0.727. The van der Waals surface area contributed by atoms with E-state index in [2.05, 4.69) is 0 Å². The van der Waals surface area contributed by atoms with Crippen LogP contribution < -0.4 is 4.90 Å². The number of rotatable bonds is 4. The molecule has 2 unspecified atom stereocenters. The third-order valence-corrected chi connectivity index (χ3v) is 6.34. The number of hydrogen-bond acceptors (Lipinski definition) is 5. The first-order valence-electron chi connectivity index (χ1n) is 10.5. The van der Waals surface area contributed by atoms with Gasteiger partial charge in [-0.3, -0.25) is 14.4 Å². The van der Waals surface area contributed by atoms with Gasteiger partial charge < -0.3 is 9.64 Å². The quantitative estimate of drug-likeness (QED) is 0.513. The highest BCUT2D eigenvalue weighted by Gasteiger charge is 2.38. The molecule has 0 bridgehead atoms. The predicted octanol–water partition coefficient (Wildman–Crippen LogP) is 4.09. The van der Waals surface area contributed by atoms with Gasteiger partial charge in [-0.1, -0.05) is 23.7 Å². The number of piperidine rings is 1. The van der Waals surface area contributed by atoms with Crippen LogP contribution in [-0.4, -0.2) is 47.3 Å². The number of halogens is 1. The van der Waals surface area contributed by atoms with Crippen LogP contribution in [0.3, 0.4) is 0 Å². The van der Waals surface area contributed by atoms with E-state index >= 15 is 0 Å². The van der Waals surface area contributed by atoms with Gasteiger partial charge in [0.2, 0.25) is 0 Å². The summed E-state index contributed by atoms with van der Waals surface area (Å²) in [5.41, 5.74) is 0.644. The van der Waals surface area contributed by atoms with Crippen LogP contribution in [0.15, 0.2) is 42.5 Å². The summed E-state index contributed by atoms with van der Waals surface area (Å²) in [6.45, 7) is 3.61. The van der Waals surface area contributed by atoms with Crippen molar-refractivity contribution in [3.8, 4) is 0 Å². The van der Waals surface area contributed by atoms with Crippen molar-refractivity contribution in [2.75, 3.05) is 11.5 Å². The smallest absolute Gasteiger partial charge is 0.338 e. The molecule has 0 radical (unpaired) electrons. The number of hydrogen-bond donors (Lipinski definition) is 0. The van der Waals surface area contributed by atoms with Crippen molar-refractivity contribution in [2.45, 2.75) is 45.2 Å². The van der Waals surface area contributed by atoms with Crippen molar-refractivity contribution < 1.29 is 23.9 Å². The molecule has 2 atom stereocenters. The highest BCUT2D eigenvalue weighted by Crippen LogP contribution is 2.33. The fourth-order valence-corrected chi connectivity index (χ4v) is 4.64. The number of nitrogens with zero attached hydrogens (tertiary/aromatic N) is 2. The van der Waals surface area contributed by atoms with E-state index in [1.807, 2.05) is 13.8 Å². The third-order valence-electron chi connectivity index (χ3n) is 6.02. The summed E-state index contributed by atoms with van der Waals surface area (Å²) in [7, 11) is 0. The van der Waals surface area contributed by atoms with Gasteiger partial charge in [0, 0.05) is 12.1 Å². The van der Waals surface area contributed by atoms with Crippen LogP contribution in [0, 0.1) is 0 Å². The molecule has 2 aliphatic rings. The first kappa shape index (κ1) is 22.0. The second-order valence-corrected chi connectivity index (χ2v) is 8.57. The normalized spacial score (nSPS) is 20.3. The van der Waals surface area contributed by atoms with Gasteiger partial charge >= 0.3 is 5.97 Å². The van der Waals surface area contributed by atoms with Crippen LogP contribution >= 0.6 is 11.6 Å². The average molecular weight is 455 g/mol. The first-order valence-corrected chi connectivity index (χ1v) is 10.9. The maximum absolute atomic E-state index is 12.9. The van der Waals surface area contributed by atoms with E-state index in [1.165, 1.54) is 18.2 Å². The summed E-state index contributed by atoms with van der Waals surface area (Å²) in [5, 5.41) is 0.265. The van der Waals surface area contributed by atoms with Gasteiger partial charge in [0.05, 0.1) is 27.4 Å². The zero-order valence-corrected chi connectivity index (χ0v) is 18.6. The fraction of sp³-hybridized carbons (Fsp3) is 0.333. The van der Waals surface area contributed by atoms with E-state index in [1.54, 1.807) is 29.2 Å². The number of esters is 1. The van der Waals surface area contributed by atoms with Gasteiger partial charge in [0.25, 0.3) is 17.7 Å². The number of imide groups is 1. The number of carbonyl (C=O) groups excluding carboxylic acids is 4. The number of para-hydroxylation sites is 1. The number of anilines is 1. The van der Waals surface area contributed by atoms with Crippen LogP contribution in [0.2, 0.25) is 5.02 Å². The van der Waals surface area contributed by atoms with Crippen LogP contribution in [0.5, 0.6) is 0 Å². The molecule has 8 heteroatoms. The monoisotopic (exact) mass is 454 g/mol. The van der Waals surface area contributed by atoms with Crippen LogP contribution in [-0.2, 0) is 9.53 Å². The van der Waals surface area contributed by atoms with Crippen LogP contribution in [0.4, 0.5) is 5.69 Å². The van der Waals surface area contributed by atoms with Gasteiger partial charge in [-0.05, 0) is 63.4 Å². The number of carbonyl (C=O) groups is 4. The van der Waals surface area contributed by atoms with E-state index < -0.39 is 17.8 Å². The molecule has 1 saturated heterocycles. The first-order chi connectivity index (χ1) is 15.3. The Hall–Kier alpha value is -3.19. The van der Waals surface area contributed by atoms with Crippen molar-refractivity contribution >= 4 is 41.0 Å². The zero-order valence-electron chi connectivity index (χ0n) is 17.8. The number of benzene rings is 2. The summed E-state index contributed by atoms with van der Waals surface area (Å²) < 4.78 is 5.23. The SMILES string of the molecule is CC1CCCC(C)N1C(=O)COC(=O)c1ccc2c(c1)C(=O)N(c1ccccc1Cl)C2=O. The van der Waals surface area contributed by atoms with Crippen LogP contribution in [0.25, 0.3) is 0 Å². The Morgan fingerprint density at radius 1 is 1.00 bits per heavy atom. The molecule has 0 aliphatic carbocycles. The lowest BCUT2D eigenvalue weighted by Crippen LogP contribution is -2.49. The fourth-order valence-electron chi connectivity index (χ4n) is 4.42. The van der Waals surface area contributed by atoms with Crippen molar-refractivity contribution in [3.63, 3.8) is 0 Å². The van der Waals surface area contributed by atoms with E-state index in [-0.39, 0.29) is 52.0 Å². The lowest BCUT2D eigenvalue weighted by atomic mass is 9.97. The molecule has 166 valence electrons. The molecule has 2 heterocycles. The highest BCUT2D eigenvalue weighted by atomic mass is 35.5. The average Bonchev–Trinajstić information content (AvgIpc) is 3.02. The van der Waals surface area contributed by atoms with Crippen molar-refractivity contribution in [2.24, 2.45) is 0 Å². The maximum atomic E-state index is 12.9. The Kier molecular flexibility index (Phi) is 6.02. The number of likely N-dealkylation sites (tertiary alicyclic amines) is 1. The van der Waals surface area contributed by atoms with Gasteiger partial charge in [-0.15, -0.1) is 0 Å². The summed E-state index contributed by atoms with van der Waals surface area (Å²) in [6, 6.07) is 10.9. The molecule has 32 heavy (non-hydrogen) atoms. The maximum Gasteiger partial charge on any atom is 0.338 e. The summed E-state index contributed by atoms with van der Waals surface area (Å²) in [5.74, 6) is -2.05. The molecule has 7 nitrogen and oxygen atoms in total. The van der Waals surface area contributed by atoms with Gasteiger partial charge in [0.15, 0.2) is 6.61 Å². The van der Waals surface area contributed by atoms with Crippen molar-refractivity contribution in [3.05, 3.63) is 64.2 Å². The van der Waals surface area contributed by atoms with E-state index in [0.717, 1.165) is 24.2 Å². The van der Waals surface area contributed by atoms with Crippen LogP contribution in [0.1, 0.15) is 64.2 Å². The Labute approximate surface area is 190 Å². The molecule has 4 rings (SSSR count). The van der Waals surface area contributed by atoms with Gasteiger partial charge in [-0.25, -0.2) is 9.69 Å². The topological polar surface area (TPSA) is 84.0 Å². The molecular formula is C24H23ClN2O5. The Morgan fingerprint density at radius 3 is 2.34 bits per heavy atom. The highest BCUT2D eigenvalue weighted by molar-refractivity contribution is 6.39. The van der Waals surface area contributed by atoms with Crippen molar-refractivity contribution in [1.29, 1.82) is 0 Å². The van der Waals surface area contributed by atoms with E-state index in [9.17, 15) is 19.2 Å². The molecule has 2 aliphatic heterocycles. The Morgan fingerprint density at radius 2 is 1.66 bits per heavy atom. The zero-order chi connectivity index (χ0) is 23.0. The predicted molar refractivity (Wildman–Crippen MR) is 119 cm³/mol. The van der Waals surface area contributed by atoms with Gasteiger partial charge in [-0.2, -0.15) is 0 Å².